The van der Waals surface area contributed by atoms with Crippen LogP contribution in [0.1, 0.15) is 16.8 Å². The third-order valence-electron chi connectivity index (χ3n) is 4.39. The zero-order valence-corrected chi connectivity index (χ0v) is 14.1. The van der Waals surface area contributed by atoms with Crippen molar-refractivity contribution in [2.24, 2.45) is 0 Å². The highest BCUT2D eigenvalue weighted by Crippen LogP contribution is 2.27. The molecule has 1 aromatic carbocycles. The predicted molar refractivity (Wildman–Crippen MR) is 92.4 cm³/mol. The Bertz CT molecular complexity index is 784. The van der Waals surface area contributed by atoms with Crippen LogP contribution in [0.3, 0.4) is 0 Å². The lowest BCUT2D eigenvalue weighted by molar-refractivity contribution is 0.0739. The fourth-order valence-corrected chi connectivity index (χ4v) is 3.15. The standard InChI is InChI=1S/C18H17ClN4O/c1-22(15-7-9-23(11-15)12-20)18(24)14-4-2-13(3-5-14)16-6-8-21-10-17(16)19/h2-6,8,10,15H,7,9,11H2,1H3. The lowest BCUT2D eigenvalue weighted by Crippen LogP contribution is -2.38. The number of carbonyl (C=O) groups excluding carboxylic acids is 1. The van der Waals surface area contributed by atoms with Gasteiger partial charge >= 0.3 is 0 Å². The molecule has 1 aliphatic heterocycles. The van der Waals surface area contributed by atoms with Crippen LogP contribution in [0, 0.1) is 11.5 Å². The summed E-state index contributed by atoms with van der Waals surface area (Å²) in [6, 6.07) is 9.31. The number of halogens is 1. The summed E-state index contributed by atoms with van der Waals surface area (Å²) in [6.45, 7) is 1.31. The second-order valence-corrected chi connectivity index (χ2v) is 6.24. The third kappa shape index (κ3) is 3.19. The Hall–Kier alpha value is -2.58. The van der Waals surface area contributed by atoms with Crippen LogP contribution in [0.25, 0.3) is 11.1 Å². The summed E-state index contributed by atoms with van der Waals surface area (Å²) in [5.74, 6) is -0.0350. The topological polar surface area (TPSA) is 60.2 Å². The van der Waals surface area contributed by atoms with Crippen LogP contribution in [-0.2, 0) is 0 Å². The minimum atomic E-state index is -0.0350. The minimum Gasteiger partial charge on any atom is -0.337 e. The molecule has 0 radical (unpaired) electrons. The highest BCUT2D eigenvalue weighted by molar-refractivity contribution is 6.33. The number of likely N-dealkylation sites (tertiary alicyclic amines) is 1. The molecule has 1 aromatic heterocycles. The number of nitriles is 1. The van der Waals surface area contributed by atoms with Gasteiger partial charge in [0.15, 0.2) is 6.19 Å². The van der Waals surface area contributed by atoms with E-state index in [0.717, 1.165) is 17.5 Å². The van der Waals surface area contributed by atoms with Gasteiger partial charge in [-0.1, -0.05) is 23.7 Å². The minimum absolute atomic E-state index is 0.0350. The average molecular weight is 341 g/mol. The Morgan fingerprint density at radius 3 is 2.75 bits per heavy atom. The number of rotatable bonds is 3. The molecular weight excluding hydrogens is 324 g/mol. The summed E-state index contributed by atoms with van der Waals surface area (Å²) in [5.41, 5.74) is 2.46. The molecule has 1 fully saturated rings. The molecule has 122 valence electrons. The van der Waals surface area contributed by atoms with Gasteiger partial charge in [-0.05, 0) is 30.2 Å². The normalized spacial score (nSPS) is 16.7. The van der Waals surface area contributed by atoms with Crippen molar-refractivity contribution in [1.82, 2.24) is 14.8 Å². The smallest absolute Gasteiger partial charge is 0.253 e. The number of hydrogen-bond donors (Lipinski definition) is 0. The van der Waals surface area contributed by atoms with Crippen molar-refractivity contribution in [1.29, 1.82) is 5.26 Å². The van der Waals surface area contributed by atoms with Gasteiger partial charge in [-0.15, -0.1) is 0 Å². The van der Waals surface area contributed by atoms with E-state index in [1.165, 1.54) is 0 Å². The van der Waals surface area contributed by atoms with E-state index in [0.29, 0.717) is 23.7 Å². The quantitative estimate of drug-likeness (QED) is 0.806. The van der Waals surface area contributed by atoms with Gasteiger partial charge < -0.3 is 9.80 Å². The molecule has 0 spiro atoms. The van der Waals surface area contributed by atoms with Crippen LogP contribution in [0.4, 0.5) is 0 Å². The van der Waals surface area contributed by atoms with Crippen molar-refractivity contribution >= 4 is 17.5 Å². The number of carbonyl (C=O) groups is 1. The van der Waals surface area contributed by atoms with E-state index in [1.807, 2.05) is 30.3 Å². The summed E-state index contributed by atoms with van der Waals surface area (Å²) >= 11 is 6.16. The number of amides is 1. The average Bonchev–Trinajstić information content (AvgIpc) is 3.10. The summed E-state index contributed by atoms with van der Waals surface area (Å²) in [5, 5.41) is 9.52. The van der Waals surface area contributed by atoms with Crippen LogP contribution in [0.5, 0.6) is 0 Å². The number of nitrogens with zero attached hydrogens (tertiary/aromatic N) is 4. The van der Waals surface area contributed by atoms with E-state index in [2.05, 4.69) is 11.2 Å². The number of likely N-dealkylation sites (N-methyl/N-ethyl adjacent to an activating group) is 1. The first-order valence-corrected chi connectivity index (χ1v) is 8.09. The van der Waals surface area contributed by atoms with E-state index in [4.69, 9.17) is 16.9 Å². The molecule has 5 nitrogen and oxygen atoms in total. The molecular formula is C18H17ClN4O. The highest BCUT2D eigenvalue weighted by Gasteiger charge is 2.28. The molecule has 6 heteroatoms. The molecule has 0 saturated carbocycles. The second kappa shape index (κ2) is 6.90. The van der Waals surface area contributed by atoms with E-state index >= 15 is 0 Å². The van der Waals surface area contributed by atoms with Gasteiger partial charge in [-0.3, -0.25) is 9.78 Å². The maximum absolute atomic E-state index is 12.6. The Morgan fingerprint density at radius 1 is 1.38 bits per heavy atom. The molecule has 24 heavy (non-hydrogen) atoms. The van der Waals surface area contributed by atoms with Crippen molar-refractivity contribution in [2.45, 2.75) is 12.5 Å². The maximum atomic E-state index is 12.6. The number of hydrogen-bond acceptors (Lipinski definition) is 4. The van der Waals surface area contributed by atoms with Crippen LogP contribution in [0.15, 0.2) is 42.7 Å². The van der Waals surface area contributed by atoms with Gasteiger partial charge in [-0.25, -0.2) is 0 Å². The number of benzene rings is 1. The van der Waals surface area contributed by atoms with Crippen molar-refractivity contribution in [3.63, 3.8) is 0 Å². The van der Waals surface area contributed by atoms with Gasteiger partial charge in [0.05, 0.1) is 11.1 Å². The van der Waals surface area contributed by atoms with Crippen LogP contribution < -0.4 is 0 Å². The maximum Gasteiger partial charge on any atom is 0.253 e. The van der Waals surface area contributed by atoms with E-state index in [1.54, 1.807) is 29.2 Å². The molecule has 2 heterocycles. The van der Waals surface area contributed by atoms with E-state index < -0.39 is 0 Å². The molecule has 1 amide bonds. The van der Waals surface area contributed by atoms with Gasteiger partial charge in [0, 0.05) is 43.7 Å². The zero-order valence-electron chi connectivity index (χ0n) is 13.3. The monoisotopic (exact) mass is 340 g/mol. The van der Waals surface area contributed by atoms with Crippen LogP contribution in [-0.4, -0.2) is 46.9 Å². The fraction of sp³-hybridized carbons (Fsp3) is 0.278. The molecule has 1 unspecified atom stereocenters. The third-order valence-corrected chi connectivity index (χ3v) is 4.69. The zero-order chi connectivity index (χ0) is 17.1. The number of pyridine rings is 1. The van der Waals surface area contributed by atoms with E-state index in [9.17, 15) is 4.79 Å². The summed E-state index contributed by atoms with van der Waals surface area (Å²) in [7, 11) is 1.79. The van der Waals surface area contributed by atoms with Crippen LogP contribution >= 0.6 is 11.6 Å². The van der Waals surface area contributed by atoms with Crippen molar-refractivity contribution in [3.05, 3.63) is 53.3 Å². The predicted octanol–water partition coefficient (Wildman–Crippen LogP) is 3.03. The Kier molecular flexibility index (Phi) is 4.68. The van der Waals surface area contributed by atoms with Gasteiger partial charge in [0.2, 0.25) is 0 Å². The summed E-state index contributed by atoms with van der Waals surface area (Å²) in [4.78, 5) is 20.0. The van der Waals surface area contributed by atoms with Gasteiger partial charge in [0.1, 0.15) is 0 Å². The Labute approximate surface area is 146 Å². The lowest BCUT2D eigenvalue weighted by Gasteiger charge is -2.24. The molecule has 0 aliphatic carbocycles. The molecule has 1 atom stereocenters. The largest absolute Gasteiger partial charge is 0.337 e. The first-order chi connectivity index (χ1) is 11.6. The summed E-state index contributed by atoms with van der Waals surface area (Å²) < 4.78 is 0. The van der Waals surface area contributed by atoms with Crippen LogP contribution in [0.2, 0.25) is 5.02 Å². The Balaban J connectivity index is 1.75. The molecule has 0 bridgehead atoms. The summed E-state index contributed by atoms with van der Waals surface area (Å²) in [6.07, 6.45) is 6.25. The molecule has 1 saturated heterocycles. The van der Waals surface area contributed by atoms with Crippen molar-refractivity contribution in [3.8, 4) is 17.3 Å². The first kappa shape index (κ1) is 16.3. The fourth-order valence-electron chi connectivity index (χ4n) is 2.92. The second-order valence-electron chi connectivity index (χ2n) is 5.84. The highest BCUT2D eigenvalue weighted by atomic mass is 35.5. The number of aromatic nitrogens is 1. The molecule has 1 aliphatic rings. The lowest BCUT2D eigenvalue weighted by atomic mass is 10.0. The van der Waals surface area contributed by atoms with Gasteiger partial charge in [0.25, 0.3) is 5.91 Å². The van der Waals surface area contributed by atoms with Gasteiger partial charge in [-0.2, -0.15) is 5.26 Å². The molecule has 2 aromatic rings. The molecule has 0 N–H and O–H groups in total. The van der Waals surface area contributed by atoms with Crippen molar-refractivity contribution < 1.29 is 4.79 Å². The molecule has 3 rings (SSSR count). The SMILES string of the molecule is CN(C(=O)c1ccc(-c2ccncc2Cl)cc1)C1CCN(C#N)C1. The Morgan fingerprint density at radius 2 is 2.12 bits per heavy atom. The van der Waals surface area contributed by atoms with Crippen molar-refractivity contribution in [2.75, 3.05) is 20.1 Å². The first-order valence-electron chi connectivity index (χ1n) is 7.72. The van der Waals surface area contributed by atoms with E-state index in [-0.39, 0.29) is 11.9 Å².